The monoisotopic (exact) mass is 397 g/mol. The molecule has 3 N–H and O–H groups in total. The van der Waals surface area contributed by atoms with Crippen molar-refractivity contribution >= 4 is 40.8 Å². The Bertz CT molecular complexity index is 926. The number of hydrogen-bond donors (Lipinski definition) is 2. The lowest BCUT2D eigenvalue weighted by atomic mass is 10.1. The highest BCUT2D eigenvalue weighted by atomic mass is 16.5. The molecule has 0 atom stereocenters. The van der Waals surface area contributed by atoms with Crippen LogP contribution in [0.25, 0.3) is 0 Å². The zero-order chi connectivity index (χ0) is 21.4. The third kappa shape index (κ3) is 5.65. The van der Waals surface area contributed by atoms with E-state index in [2.05, 4.69) is 5.32 Å². The first kappa shape index (κ1) is 21.6. The molecule has 0 aromatic heterocycles. The second kappa shape index (κ2) is 10.0. The number of amides is 3. The van der Waals surface area contributed by atoms with E-state index in [9.17, 15) is 19.2 Å². The van der Waals surface area contributed by atoms with Gasteiger partial charge in [0.2, 0.25) is 5.91 Å². The fraction of sp³-hybridized carbons (Fsp3) is 0.238. The summed E-state index contributed by atoms with van der Waals surface area (Å²) in [4.78, 5) is 50.1. The minimum atomic E-state index is -1.10. The van der Waals surface area contributed by atoms with Gasteiger partial charge in [-0.3, -0.25) is 14.4 Å². The van der Waals surface area contributed by atoms with Crippen molar-refractivity contribution in [1.29, 1.82) is 0 Å². The molecule has 3 amide bonds. The molecule has 0 fully saturated rings. The van der Waals surface area contributed by atoms with E-state index in [1.807, 2.05) is 6.92 Å². The fourth-order valence-electron chi connectivity index (χ4n) is 2.54. The molecule has 2 rings (SSSR count). The number of anilines is 3. The first-order valence-corrected chi connectivity index (χ1v) is 9.12. The molecule has 0 saturated heterocycles. The van der Waals surface area contributed by atoms with Gasteiger partial charge in [0.15, 0.2) is 0 Å². The van der Waals surface area contributed by atoms with Crippen LogP contribution in [0.3, 0.4) is 0 Å². The number of nitrogens with zero attached hydrogens (tertiary/aromatic N) is 1. The van der Waals surface area contributed by atoms with Crippen molar-refractivity contribution < 1.29 is 23.9 Å². The van der Waals surface area contributed by atoms with E-state index in [-0.39, 0.29) is 23.5 Å². The summed E-state index contributed by atoms with van der Waals surface area (Å²) in [5.41, 5.74) is 6.43. The van der Waals surface area contributed by atoms with Gasteiger partial charge >= 0.3 is 17.8 Å². The highest BCUT2D eigenvalue weighted by molar-refractivity contribution is 6.48. The molecule has 8 heteroatoms. The number of carbonyl (C=O) groups is 4. The maximum absolute atomic E-state index is 12.6. The molecule has 0 heterocycles. The summed E-state index contributed by atoms with van der Waals surface area (Å²) in [6.07, 6.45) is 1.58. The Balaban J connectivity index is 2.21. The van der Waals surface area contributed by atoms with Gasteiger partial charge in [0.1, 0.15) is 0 Å². The molecule has 0 aliphatic heterocycles. The van der Waals surface area contributed by atoms with Crippen LogP contribution in [0.2, 0.25) is 0 Å². The Morgan fingerprint density at radius 2 is 1.79 bits per heavy atom. The van der Waals surface area contributed by atoms with E-state index in [1.54, 1.807) is 24.3 Å². The summed E-state index contributed by atoms with van der Waals surface area (Å²) in [5.74, 6) is -3.43. The van der Waals surface area contributed by atoms with Gasteiger partial charge in [-0.2, -0.15) is 0 Å². The lowest BCUT2D eigenvalue weighted by Crippen LogP contribution is -2.43. The normalized spacial score (nSPS) is 10.1. The summed E-state index contributed by atoms with van der Waals surface area (Å²) in [7, 11) is 0. The smallest absolute Gasteiger partial charge is 0.340 e. The molecule has 0 unspecified atom stereocenters. The first-order valence-electron chi connectivity index (χ1n) is 9.12. The van der Waals surface area contributed by atoms with Crippen LogP contribution in [0.5, 0.6) is 0 Å². The van der Waals surface area contributed by atoms with E-state index >= 15 is 0 Å². The lowest BCUT2D eigenvalue weighted by molar-refractivity contribution is -0.136. The standard InChI is InChI=1S/C21H23N3O5/c1-3-4-12-29-21(28)17-10-5-6-11-18(17)23-19(26)20(27)24(14(2)25)16-9-7-8-15(22)13-16/h5-11,13H,3-4,12,22H2,1-2H3,(H,23,26). The van der Waals surface area contributed by atoms with Gasteiger partial charge in [0.25, 0.3) is 0 Å². The predicted molar refractivity (Wildman–Crippen MR) is 109 cm³/mol. The SMILES string of the molecule is CCCCOC(=O)c1ccccc1NC(=O)C(=O)N(C(C)=O)c1cccc(N)c1. The van der Waals surface area contributed by atoms with Crippen LogP contribution in [0.4, 0.5) is 17.1 Å². The highest BCUT2D eigenvalue weighted by Crippen LogP contribution is 2.20. The second-order valence-corrected chi connectivity index (χ2v) is 6.24. The Hall–Kier alpha value is -3.68. The molecule has 29 heavy (non-hydrogen) atoms. The number of nitrogen functional groups attached to an aromatic ring is 1. The van der Waals surface area contributed by atoms with E-state index in [1.165, 1.54) is 24.3 Å². The Morgan fingerprint density at radius 3 is 2.45 bits per heavy atom. The molecule has 2 aromatic rings. The number of nitrogens with one attached hydrogen (secondary N) is 1. The van der Waals surface area contributed by atoms with Crippen LogP contribution in [0, 0.1) is 0 Å². The predicted octanol–water partition coefficient (Wildman–Crippen LogP) is 2.74. The van der Waals surface area contributed by atoms with Crippen LogP contribution in [-0.2, 0) is 19.1 Å². The highest BCUT2D eigenvalue weighted by Gasteiger charge is 2.28. The number of ether oxygens (including phenoxy) is 1. The molecular formula is C21H23N3O5. The summed E-state index contributed by atoms with van der Waals surface area (Å²) < 4.78 is 5.17. The molecule has 152 valence electrons. The Kier molecular flexibility index (Phi) is 7.47. The third-order valence-corrected chi connectivity index (χ3v) is 3.97. The maximum atomic E-state index is 12.6. The van der Waals surface area contributed by atoms with Gasteiger partial charge in [-0.15, -0.1) is 0 Å². The topological polar surface area (TPSA) is 119 Å². The average Bonchev–Trinajstić information content (AvgIpc) is 2.68. The Labute approximate surface area is 168 Å². The number of hydrogen-bond acceptors (Lipinski definition) is 6. The summed E-state index contributed by atoms with van der Waals surface area (Å²) in [6.45, 7) is 3.38. The summed E-state index contributed by atoms with van der Waals surface area (Å²) in [5, 5.41) is 2.39. The van der Waals surface area contributed by atoms with Gasteiger partial charge in [0, 0.05) is 12.6 Å². The summed E-state index contributed by atoms with van der Waals surface area (Å²) in [6, 6.07) is 12.2. The quantitative estimate of drug-likeness (QED) is 0.335. The molecule has 0 saturated carbocycles. The second-order valence-electron chi connectivity index (χ2n) is 6.24. The summed E-state index contributed by atoms with van der Waals surface area (Å²) >= 11 is 0. The molecule has 0 aliphatic rings. The zero-order valence-electron chi connectivity index (χ0n) is 16.3. The van der Waals surface area contributed by atoms with Crippen LogP contribution in [0.15, 0.2) is 48.5 Å². The van der Waals surface area contributed by atoms with Gasteiger partial charge < -0.3 is 15.8 Å². The molecule has 2 aromatic carbocycles. The number of imide groups is 1. The Morgan fingerprint density at radius 1 is 1.07 bits per heavy atom. The lowest BCUT2D eigenvalue weighted by Gasteiger charge is -2.19. The van der Waals surface area contributed by atoms with E-state index in [0.29, 0.717) is 17.0 Å². The van der Waals surface area contributed by atoms with Crippen molar-refractivity contribution in [2.24, 2.45) is 0 Å². The first-order chi connectivity index (χ1) is 13.8. The van der Waals surface area contributed by atoms with Crippen molar-refractivity contribution in [2.45, 2.75) is 26.7 Å². The van der Waals surface area contributed by atoms with E-state index in [0.717, 1.165) is 13.3 Å². The fourth-order valence-corrected chi connectivity index (χ4v) is 2.54. The van der Waals surface area contributed by atoms with Gasteiger partial charge in [-0.1, -0.05) is 31.5 Å². The van der Waals surface area contributed by atoms with Crippen molar-refractivity contribution in [1.82, 2.24) is 0 Å². The van der Waals surface area contributed by atoms with Crippen LogP contribution in [0.1, 0.15) is 37.0 Å². The molecule has 0 spiro atoms. The van der Waals surface area contributed by atoms with E-state index in [4.69, 9.17) is 10.5 Å². The minimum Gasteiger partial charge on any atom is -0.462 e. The molecule has 0 bridgehead atoms. The van der Waals surface area contributed by atoms with Crippen molar-refractivity contribution in [2.75, 3.05) is 22.6 Å². The van der Waals surface area contributed by atoms with Crippen LogP contribution >= 0.6 is 0 Å². The molecule has 0 aliphatic carbocycles. The van der Waals surface area contributed by atoms with Crippen LogP contribution < -0.4 is 16.0 Å². The number of para-hydroxylation sites is 1. The number of unbranched alkanes of at least 4 members (excludes halogenated alkanes) is 1. The van der Waals surface area contributed by atoms with Crippen molar-refractivity contribution in [3.63, 3.8) is 0 Å². The van der Waals surface area contributed by atoms with Gasteiger partial charge in [-0.05, 0) is 36.8 Å². The number of carbonyl (C=O) groups excluding carboxylic acids is 4. The maximum Gasteiger partial charge on any atom is 0.340 e. The minimum absolute atomic E-state index is 0.114. The number of rotatable bonds is 6. The van der Waals surface area contributed by atoms with Gasteiger partial charge in [0.05, 0.1) is 23.5 Å². The third-order valence-electron chi connectivity index (χ3n) is 3.97. The number of benzene rings is 2. The van der Waals surface area contributed by atoms with E-state index < -0.39 is 23.7 Å². The van der Waals surface area contributed by atoms with Crippen molar-refractivity contribution in [3.8, 4) is 0 Å². The number of esters is 1. The zero-order valence-corrected chi connectivity index (χ0v) is 16.3. The van der Waals surface area contributed by atoms with Gasteiger partial charge in [-0.25, -0.2) is 9.69 Å². The average molecular weight is 397 g/mol. The van der Waals surface area contributed by atoms with Crippen LogP contribution in [-0.4, -0.2) is 30.3 Å². The molecule has 0 radical (unpaired) electrons. The number of nitrogens with two attached hydrogens (primary N) is 1. The van der Waals surface area contributed by atoms with Crippen molar-refractivity contribution in [3.05, 3.63) is 54.1 Å². The molecule has 8 nitrogen and oxygen atoms in total. The largest absolute Gasteiger partial charge is 0.462 e. The molecular weight excluding hydrogens is 374 g/mol.